The Bertz CT molecular complexity index is 1260. The predicted octanol–water partition coefficient (Wildman–Crippen LogP) is 1.58. The van der Waals surface area contributed by atoms with Crippen LogP contribution in [0.4, 0.5) is 10.5 Å². The van der Waals surface area contributed by atoms with E-state index in [4.69, 9.17) is 18.9 Å². The second kappa shape index (κ2) is 9.56. The number of anilines is 1. The van der Waals surface area contributed by atoms with E-state index in [1.54, 1.807) is 33.7 Å². The van der Waals surface area contributed by atoms with E-state index in [2.05, 4.69) is 15.3 Å². The molecule has 3 aromatic rings. The van der Waals surface area contributed by atoms with Crippen LogP contribution < -0.4 is 30.0 Å². The van der Waals surface area contributed by atoms with Gasteiger partial charge >= 0.3 is 6.09 Å². The molecule has 1 saturated heterocycles. The zero-order valence-corrected chi connectivity index (χ0v) is 18.7. The number of methoxy groups -OCH3 is 1. The Hall–Kier alpha value is -3.86. The molecule has 0 radical (unpaired) electrons. The zero-order valence-electron chi connectivity index (χ0n) is 18.7. The smallest absolute Gasteiger partial charge is 0.414 e. The van der Waals surface area contributed by atoms with Gasteiger partial charge in [0.05, 0.1) is 25.5 Å². The molecule has 5 rings (SSSR count). The number of fused-ring (bicyclic) bond motifs is 2. The van der Waals surface area contributed by atoms with E-state index in [-0.39, 0.29) is 11.7 Å². The van der Waals surface area contributed by atoms with Crippen molar-refractivity contribution in [3.63, 3.8) is 0 Å². The molecule has 0 saturated carbocycles. The van der Waals surface area contributed by atoms with Gasteiger partial charge in [-0.15, -0.1) is 0 Å². The number of aromatic nitrogens is 3. The third kappa shape index (κ3) is 4.46. The van der Waals surface area contributed by atoms with Gasteiger partial charge in [-0.25, -0.2) is 9.78 Å². The van der Waals surface area contributed by atoms with Crippen LogP contribution in [0.2, 0.25) is 0 Å². The van der Waals surface area contributed by atoms with Gasteiger partial charge in [0.2, 0.25) is 5.88 Å². The molecule has 1 fully saturated rings. The third-order valence-corrected chi connectivity index (χ3v) is 5.69. The highest BCUT2D eigenvalue weighted by Crippen LogP contribution is 2.35. The van der Waals surface area contributed by atoms with Crippen LogP contribution in [0.5, 0.6) is 17.4 Å². The fourth-order valence-electron chi connectivity index (χ4n) is 4.02. The lowest BCUT2D eigenvalue weighted by Gasteiger charge is -2.21. The van der Waals surface area contributed by atoms with Gasteiger partial charge in [-0.2, -0.15) is 4.98 Å². The number of hydrogen-bond acceptors (Lipinski definition) is 9. The van der Waals surface area contributed by atoms with Crippen LogP contribution in [0.3, 0.4) is 0 Å². The molecule has 2 aliphatic heterocycles. The number of cyclic esters (lactones) is 1. The van der Waals surface area contributed by atoms with E-state index in [0.29, 0.717) is 80.0 Å². The van der Waals surface area contributed by atoms with Gasteiger partial charge in [0.15, 0.2) is 17.1 Å². The highest BCUT2D eigenvalue weighted by molar-refractivity contribution is 5.90. The number of carbonyl (C=O) groups excluding carboxylic acids is 1. The number of rotatable bonds is 8. The highest BCUT2D eigenvalue weighted by Gasteiger charge is 2.32. The van der Waals surface area contributed by atoms with Crippen LogP contribution in [-0.2, 0) is 11.3 Å². The normalized spacial score (nSPS) is 17.1. The van der Waals surface area contributed by atoms with E-state index in [0.717, 1.165) is 0 Å². The molecule has 0 spiro atoms. The van der Waals surface area contributed by atoms with Crippen molar-refractivity contribution in [2.24, 2.45) is 0 Å². The molecule has 1 unspecified atom stereocenters. The van der Waals surface area contributed by atoms with E-state index >= 15 is 0 Å². The van der Waals surface area contributed by atoms with Crippen molar-refractivity contribution in [2.75, 3.05) is 44.9 Å². The number of nitrogens with one attached hydrogen (secondary N) is 1. The van der Waals surface area contributed by atoms with Crippen molar-refractivity contribution in [2.45, 2.75) is 19.1 Å². The van der Waals surface area contributed by atoms with Gasteiger partial charge < -0.3 is 24.3 Å². The molecule has 178 valence electrons. The molecular formula is C23H25N5O6. The first-order valence-electron chi connectivity index (χ1n) is 11.1. The molecule has 11 nitrogen and oxygen atoms in total. The quantitative estimate of drug-likeness (QED) is 0.493. The summed E-state index contributed by atoms with van der Waals surface area (Å²) in [6.45, 7) is 3.05. The predicted molar refractivity (Wildman–Crippen MR) is 123 cm³/mol. The highest BCUT2D eigenvalue weighted by atomic mass is 16.6. The van der Waals surface area contributed by atoms with Crippen LogP contribution in [0, 0.1) is 0 Å². The summed E-state index contributed by atoms with van der Waals surface area (Å²) in [5.41, 5.74) is 1.62. The van der Waals surface area contributed by atoms with E-state index in [9.17, 15) is 9.59 Å². The lowest BCUT2D eigenvalue weighted by Crippen LogP contribution is -2.32. The molecule has 1 atom stereocenters. The summed E-state index contributed by atoms with van der Waals surface area (Å²) < 4.78 is 23.4. The molecule has 34 heavy (non-hydrogen) atoms. The van der Waals surface area contributed by atoms with Gasteiger partial charge in [-0.05, 0) is 31.2 Å². The second-order valence-electron chi connectivity index (χ2n) is 7.95. The third-order valence-electron chi connectivity index (χ3n) is 5.69. The maximum atomic E-state index is 12.4. The Morgan fingerprint density at radius 2 is 2.00 bits per heavy atom. The Morgan fingerprint density at radius 1 is 1.15 bits per heavy atom. The molecule has 1 amide bonds. The fraction of sp³-hybridized carbons (Fsp3) is 0.391. The Balaban J connectivity index is 1.14. The van der Waals surface area contributed by atoms with Crippen LogP contribution in [-0.4, -0.2) is 66.7 Å². The van der Waals surface area contributed by atoms with Crippen molar-refractivity contribution in [1.82, 2.24) is 19.9 Å². The summed E-state index contributed by atoms with van der Waals surface area (Å²) in [6, 6.07) is 8.91. The summed E-state index contributed by atoms with van der Waals surface area (Å²) in [4.78, 5) is 34.8. The first-order chi connectivity index (χ1) is 16.6. The van der Waals surface area contributed by atoms with Gasteiger partial charge in [-0.1, -0.05) is 0 Å². The van der Waals surface area contributed by atoms with Crippen molar-refractivity contribution < 1.29 is 23.7 Å². The molecule has 0 bridgehead atoms. The summed E-state index contributed by atoms with van der Waals surface area (Å²) in [7, 11) is 1.53. The van der Waals surface area contributed by atoms with Crippen molar-refractivity contribution in [3.8, 4) is 17.4 Å². The Kier molecular flexibility index (Phi) is 6.17. The van der Waals surface area contributed by atoms with E-state index < -0.39 is 6.09 Å². The minimum absolute atomic E-state index is 0.215. The van der Waals surface area contributed by atoms with Crippen molar-refractivity contribution in [1.29, 1.82) is 0 Å². The largest absolute Gasteiger partial charge is 0.486 e. The molecule has 2 aliphatic rings. The molecule has 1 aromatic carbocycles. The molecular weight excluding hydrogens is 442 g/mol. The number of aryl methyl sites for hydroxylation is 1. The molecule has 1 N–H and O–H groups in total. The van der Waals surface area contributed by atoms with Gasteiger partial charge in [-0.3, -0.25) is 14.3 Å². The lowest BCUT2D eigenvalue weighted by molar-refractivity contribution is 0.140. The van der Waals surface area contributed by atoms with Gasteiger partial charge in [0, 0.05) is 25.2 Å². The lowest BCUT2D eigenvalue weighted by atomic mass is 10.2. The number of benzene rings is 1. The van der Waals surface area contributed by atoms with E-state index in [1.165, 1.54) is 13.3 Å². The average Bonchev–Trinajstić information content (AvgIpc) is 3.24. The fourth-order valence-corrected chi connectivity index (χ4v) is 4.02. The van der Waals surface area contributed by atoms with Crippen LogP contribution in [0.25, 0.3) is 11.2 Å². The first kappa shape index (κ1) is 22.0. The maximum absolute atomic E-state index is 12.4. The summed E-state index contributed by atoms with van der Waals surface area (Å²) >= 11 is 0. The first-order valence-corrected chi connectivity index (χ1v) is 11.1. The molecule has 2 aromatic heterocycles. The number of ether oxygens (including phenoxy) is 4. The molecule has 11 heteroatoms. The monoisotopic (exact) mass is 467 g/mol. The number of pyridine rings is 1. The van der Waals surface area contributed by atoms with Crippen molar-refractivity contribution >= 4 is 22.9 Å². The Morgan fingerprint density at radius 3 is 2.85 bits per heavy atom. The van der Waals surface area contributed by atoms with Gasteiger partial charge in [0.25, 0.3) is 5.56 Å². The molecule has 4 heterocycles. The standard InChI is InChI=1S/C23H25N5O6/c1-31-20-6-4-17-22(26-20)27(21(29)13-25-17)8-2-7-24-12-16-14-28(23(30)34-16)15-3-5-18-19(11-15)33-10-9-32-18/h3-6,11,13,16,24H,2,7-10,12,14H2,1H3. The minimum atomic E-state index is -0.390. The summed E-state index contributed by atoms with van der Waals surface area (Å²) in [5.74, 6) is 1.73. The summed E-state index contributed by atoms with van der Waals surface area (Å²) in [5, 5.41) is 3.31. The Labute approximate surface area is 195 Å². The average molecular weight is 467 g/mol. The van der Waals surface area contributed by atoms with Crippen LogP contribution >= 0.6 is 0 Å². The SMILES string of the molecule is COc1ccc2ncc(=O)n(CCCNCC3CN(c4ccc5c(c4)OCCO5)C(=O)O3)c2n1. The topological polar surface area (TPSA) is 117 Å². The van der Waals surface area contributed by atoms with E-state index in [1.807, 2.05) is 6.07 Å². The van der Waals surface area contributed by atoms with Gasteiger partial charge in [0.1, 0.15) is 24.8 Å². The molecule has 0 aliphatic carbocycles. The number of amides is 1. The van der Waals surface area contributed by atoms with Crippen molar-refractivity contribution in [3.05, 3.63) is 46.9 Å². The minimum Gasteiger partial charge on any atom is -0.486 e. The zero-order chi connectivity index (χ0) is 23.5. The second-order valence-corrected chi connectivity index (χ2v) is 7.95. The number of nitrogens with zero attached hydrogens (tertiary/aromatic N) is 4. The maximum Gasteiger partial charge on any atom is 0.414 e. The number of hydrogen-bond donors (Lipinski definition) is 1. The van der Waals surface area contributed by atoms with Crippen LogP contribution in [0.15, 0.2) is 41.3 Å². The summed E-state index contributed by atoms with van der Waals surface area (Å²) in [6.07, 6.45) is 1.31. The van der Waals surface area contributed by atoms with Crippen LogP contribution in [0.1, 0.15) is 6.42 Å². The number of carbonyl (C=O) groups is 1.